The van der Waals surface area contributed by atoms with Crippen molar-refractivity contribution in [1.29, 1.82) is 0 Å². The van der Waals surface area contributed by atoms with Gasteiger partial charge in [-0.25, -0.2) is 8.42 Å². The Hall–Kier alpha value is -1.72. The molecule has 5 heteroatoms. The van der Waals surface area contributed by atoms with Crippen LogP contribution in [0.25, 0.3) is 0 Å². The van der Waals surface area contributed by atoms with Gasteiger partial charge in [-0.05, 0) is 66.6 Å². The molecule has 1 aromatic heterocycles. The van der Waals surface area contributed by atoms with Gasteiger partial charge in [-0.15, -0.1) is 0 Å². The molecule has 0 spiro atoms. The maximum atomic E-state index is 12.9. The van der Waals surface area contributed by atoms with E-state index >= 15 is 0 Å². The fourth-order valence-corrected chi connectivity index (χ4v) is 4.61. The predicted molar refractivity (Wildman–Crippen MR) is 90.8 cm³/mol. The van der Waals surface area contributed by atoms with Crippen LogP contribution in [0.3, 0.4) is 0 Å². The summed E-state index contributed by atoms with van der Waals surface area (Å²) >= 11 is 0. The third-order valence-corrected chi connectivity index (χ3v) is 6.43. The molecule has 0 aliphatic heterocycles. The second kappa shape index (κ2) is 6.81. The molecule has 0 N–H and O–H groups in total. The maximum absolute atomic E-state index is 12.9. The zero-order valence-corrected chi connectivity index (χ0v) is 14.2. The Bertz CT molecular complexity index is 773. The number of pyridine rings is 1. The van der Waals surface area contributed by atoms with Crippen LogP contribution in [0.15, 0.2) is 47.6 Å². The van der Waals surface area contributed by atoms with Gasteiger partial charge < -0.3 is 0 Å². The van der Waals surface area contributed by atoms with Gasteiger partial charge in [0.15, 0.2) is 0 Å². The highest BCUT2D eigenvalue weighted by Gasteiger charge is 2.24. The van der Waals surface area contributed by atoms with E-state index in [1.165, 1.54) is 11.1 Å². The molecule has 1 aliphatic rings. The molecule has 2 aromatic rings. The summed E-state index contributed by atoms with van der Waals surface area (Å²) in [4.78, 5) is 4.42. The lowest BCUT2D eigenvalue weighted by Gasteiger charge is -2.21. The summed E-state index contributed by atoms with van der Waals surface area (Å²) in [6.07, 6.45) is 7.34. The molecule has 0 fully saturated rings. The number of likely N-dealkylation sites (N-methyl/N-ethyl adjacent to an activating group) is 1. The van der Waals surface area contributed by atoms with Crippen LogP contribution in [0.5, 0.6) is 0 Å². The van der Waals surface area contributed by atoms with Gasteiger partial charge >= 0.3 is 0 Å². The van der Waals surface area contributed by atoms with E-state index in [1.807, 2.05) is 31.2 Å². The van der Waals surface area contributed by atoms with Crippen LogP contribution in [0.1, 0.15) is 30.0 Å². The zero-order valence-electron chi connectivity index (χ0n) is 13.4. The molecule has 0 bridgehead atoms. The smallest absolute Gasteiger partial charge is 0.243 e. The summed E-state index contributed by atoms with van der Waals surface area (Å²) in [6.45, 7) is 2.85. The van der Waals surface area contributed by atoms with Crippen LogP contribution in [0.2, 0.25) is 0 Å². The summed E-state index contributed by atoms with van der Waals surface area (Å²) in [5.41, 5.74) is 3.59. The van der Waals surface area contributed by atoms with E-state index in [0.29, 0.717) is 24.4 Å². The SMILES string of the molecule is CCN(CCc1ccncc1)S(=O)(=O)c1ccc2c(c1)CCC2. The first-order chi connectivity index (χ1) is 11.1. The first kappa shape index (κ1) is 16.1. The third-order valence-electron chi connectivity index (χ3n) is 4.46. The molecule has 23 heavy (non-hydrogen) atoms. The van der Waals surface area contributed by atoms with Crippen LogP contribution < -0.4 is 0 Å². The largest absolute Gasteiger partial charge is 0.265 e. The molecule has 0 saturated carbocycles. The van der Waals surface area contributed by atoms with Crippen molar-refractivity contribution in [3.8, 4) is 0 Å². The summed E-state index contributed by atoms with van der Waals surface area (Å²) in [5.74, 6) is 0. The molecule has 1 aromatic carbocycles. The van der Waals surface area contributed by atoms with Crippen molar-refractivity contribution in [1.82, 2.24) is 9.29 Å². The van der Waals surface area contributed by atoms with Crippen molar-refractivity contribution in [2.75, 3.05) is 13.1 Å². The van der Waals surface area contributed by atoms with Crippen LogP contribution in [0.4, 0.5) is 0 Å². The highest BCUT2D eigenvalue weighted by molar-refractivity contribution is 7.89. The number of aryl methyl sites for hydroxylation is 2. The molecular weight excluding hydrogens is 308 g/mol. The van der Waals surface area contributed by atoms with Gasteiger partial charge in [0, 0.05) is 25.5 Å². The molecule has 3 rings (SSSR count). The number of hydrogen-bond donors (Lipinski definition) is 0. The van der Waals surface area contributed by atoms with E-state index in [9.17, 15) is 8.42 Å². The molecule has 0 amide bonds. The molecule has 0 saturated heterocycles. The number of rotatable bonds is 6. The van der Waals surface area contributed by atoms with Crippen molar-refractivity contribution >= 4 is 10.0 Å². The third kappa shape index (κ3) is 3.46. The van der Waals surface area contributed by atoms with Gasteiger partial charge in [0.05, 0.1) is 4.90 Å². The van der Waals surface area contributed by atoms with Crippen LogP contribution in [0, 0.1) is 0 Å². The fraction of sp³-hybridized carbons (Fsp3) is 0.389. The second-order valence-corrected chi connectivity index (χ2v) is 7.82. The van der Waals surface area contributed by atoms with Gasteiger partial charge in [0.25, 0.3) is 0 Å². The molecule has 122 valence electrons. The first-order valence-electron chi connectivity index (χ1n) is 8.12. The molecule has 1 aliphatic carbocycles. The number of hydrogen-bond acceptors (Lipinski definition) is 3. The minimum atomic E-state index is -3.43. The Morgan fingerprint density at radius 3 is 2.57 bits per heavy atom. The summed E-state index contributed by atoms with van der Waals surface area (Å²) in [5, 5.41) is 0. The predicted octanol–water partition coefficient (Wildman–Crippen LogP) is 2.82. The minimum absolute atomic E-state index is 0.426. The second-order valence-electron chi connectivity index (χ2n) is 5.89. The zero-order chi connectivity index (χ0) is 16.3. The fourth-order valence-electron chi connectivity index (χ4n) is 3.11. The summed E-state index contributed by atoms with van der Waals surface area (Å²) < 4.78 is 27.4. The topological polar surface area (TPSA) is 50.3 Å². The van der Waals surface area contributed by atoms with E-state index in [-0.39, 0.29) is 0 Å². The lowest BCUT2D eigenvalue weighted by molar-refractivity contribution is 0.431. The Morgan fingerprint density at radius 1 is 1.09 bits per heavy atom. The van der Waals surface area contributed by atoms with E-state index in [0.717, 1.165) is 24.8 Å². The Labute approximate surface area is 138 Å². The average molecular weight is 330 g/mol. The van der Waals surface area contributed by atoms with Gasteiger partial charge in [0.1, 0.15) is 0 Å². The molecular formula is C18H22N2O2S. The number of nitrogens with zero attached hydrogens (tertiary/aromatic N) is 2. The summed E-state index contributed by atoms with van der Waals surface area (Å²) in [7, 11) is -3.43. The molecule has 1 heterocycles. The Balaban J connectivity index is 1.79. The van der Waals surface area contributed by atoms with Gasteiger partial charge in [0.2, 0.25) is 10.0 Å². The van der Waals surface area contributed by atoms with E-state index in [4.69, 9.17) is 0 Å². The van der Waals surface area contributed by atoms with Crippen molar-refractivity contribution in [3.63, 3.8) is 0 Å². The van der Waals surface area contributed by atoms with Gasteiger partial charge in [-0.3, -0.25) is 4.98 Å². The molecule has 4 nitrogen and oxygen atoms in total. The van der Waals surface area contributed by atoms with Crippen LogP contribution in [-0.4, -0.2) is 30.8 Å². The number of aromatic nitrogens is 1. The Morgan fingerprint density at radius 2 is 1.83 bits per heavy atom. The van der Waals surface area contributed by atoms with Crippen LogP contribution in [-0.2, 0) is 29.3 Å². The van der Waals surface area contributed by atoms with E-state index < -0.39 is 10.0 Å². The van der Waals surface area contributed by atoms with Crippen molar-refractivity contribution < 1.29 is 8.42 Å². The number of sulfonamides is 1. The van der Waals surface area contributed by atoms with Gasteiger partial charge in [-0.2, -0.15) is 4.31 Å². The van der Waals surface area contributed by atoms with Crippen LogP contribution >= 0.6 is 0 Å². The van der Waals surface area contributed by atoms with Crippen molar-refractivity contribution in [2.45, 2.75) is 37.5 Å². The monoisotopic (exact) mass is 330 g/mol. The lowest BCUT2D eigenvalue weighted by atomic mass is 10.1. The maximum Gasteiger partial charge on any atom is 0.243 e. The number of benzene rings is 1. The van der Waals surface area contributed by atoms with E-state index in [1.54, 1.807) is 22.8 Å². The van der Waals surface area contributed by atoms with Crippen molar-refractivity contribution in [3.05, 3.63) is 59.4 Å². The van der Waals surface area contributed by atoms with Crippen molar-refractivity contribution in [2.24, 2.45) is 0 Å². The molecule has 0 radical (unpaired) electrons. The standard InChI is InChI=1S/C18H22N2O2S/c1-2-20(13-10-15-8-11-19-12-9-15)23(21,22)18-7-6-16-4-3-5-17(16)14-18/h6-9,11-12,14H,2-5,10,13H2,1H3. The quantitative estimate of drug-likeness (QED) is 0.818. The Kier molecular flexibility index (Phi) is 4.78. The summed E-state index contributed by atoms with van der Waals surface area (Å²) in [6, 6.07) is 9.46. The highest BCUT2D eigenvalue weighted by Crippen LogP contribution is 2.26. The first-order valence-corrected chi connectivity index (χ1v) is 9.56. The molecule has 0 unspecified atom stereocenters. The van der Waals surface area contributed by atoms with E-state index in [2.05, 4.69) is 4.98 Å². The normalized spacial score (nSPS) is 14.2. The van der Waals surface area contributed by atoms with Gasteiger partial charge in [-0.1, -0.05) is 13.0 Å². The minimum Gasteiger partial charge on any atom is -0.265 e. The molecule has 0 atom stereocenters. The average Bonchev–Trinajstić information content (AvgIpc) is 3.04. The number of fused-ring (bicyclic) bond motifs is 1. The lowest BCUT2D eigenvalue weighted by Crippen LogP contribution is -2.32. The highest BCUT2D eigenvalue weighted by atomic mass is 32.2.